The van der Waals surface area contributed by atoms with Crippen molar-refractivity contribution < 1.29 is 14.3 Å². The second-order valence-corrected chi connectivity index (χ2v) is 28.5. The molecule has 0 aliphatic carbocycles. The van der Waals surface area contributed by atoms with Crippen LogP contribution in [0.15, 0.2) is 158 Å². The Balaban J connectivity index is 0.000000177. The molecule has 512 valence electrons. The molecule has 0 spiro atoms. The zero-order chi connectivity index (χ0) is 67.7. The largest absolute Gasteiger partial charge is 0.497 e. The molecule has 98 heavy (non-hydrogen) atoms. The van der Waals surface area contributed by atoms with Gasteiger partial charge in [-0.3, -0.25) is 24.4 Å². The van der Waals surface area contributed by atoms with E-state index in [1.165, 1.54) is 172 Å². The van der Waals surface area contributed by atoms with Crippen molar-refractivity contribution in [3.05, 3.63) is 225 Å². The molecule has 0 N–H and O–H groups in total. The molecule has 4 aliphatic rings. The number of piperazine rings is 4. The third-order valence-corrected chi connectivity index (χ3v) is 22.1. The summed E-state index contributed by atoms with van der Waals surface area (Å²) in [7, 11) is 6.16. The quantitative estimate of drug-likeness (QED) is 0.0693. The van der Waals surface area contributed by atoms with E-state index in [2.05, 4.69) is 201 Å². The van der Waals surface area contributed by atoms with Gasteiger partial charge in [0.15, 0.2) is 0 Å². The Kier molecular flexibility index (Phi) is 22.1. The molecular formula is C84H103N11O3. The number of hydrogen-bond acceptors (Lipinski definition) is 10. The lowest BCUT2D eigenvalue weighted by molar-refractivity contribution is 0.0632. The molecule has 0 bridgehead atoms. The minimum Gasteiger partial charge on any atom is -0.497 e. The normalized spacial score (nSPS) is 16.6. The van der Waals surface area contributed by atoms with Gasteiger partial charge >= 0.3 is 0 Å². The van der Waals surface area contributed by atoms with Gasteiger partial charge in [-0.15, -0.1) is 0 Å². The second kappa shape index (κ2) is 31.8. The third kappa shape index (κ3) is 16.4. The van der Waals surface area contributed by atoms with E-state index in [1.807, 2.05) is 52.4 Å². The summed E-state index contributed by atoms with van der Waals surface area (Å²) in [5.74, 6) is 1.17. The smallest absolute Gasteiger partial charge is 0.253 e. The lowest BCUT2D eigenvalue weighted by Gasteiger charge is -2.35. The molecule has 14 rings (SSSR count). The van der Waals surface area contributed by atoms with Crippen LogP contribution >= 0.6 is 0 Å². The number of likely N-dealkylation sites (N-methyl/N-ethyl adjacent to an activating group) is 2. The summed E-state index contributed by atoms with van der Waals surface area (Å²) in [4.78, 5) is 50.3. The number of carbonyl (C=O) groups is 2. The average Bonchev–Trinajstić information content (AvgIpc) is 1.62. The number of aromatic nitrogens is 3. The van der Waals surface area contributed by atoms with Crippen molar-refractivity contribution in [3.8, 4) is 5.75 Å². The highest BCUT2D eigenvalue weighted by Crippen LogP contribution is 2.31. The first-order chi connectivity index (χ1) is 47.8. The Morgan fingerprint density at radius 2 is 0.867 bits per heavy atom. The molecule has 0 atom stereocenters. The lowest BCUT2D eigenvalue weighted by Crippen LogP contribution is -2.49. The van der Waals surface area contributed by atoms with Gasteiger partial charge in [-0.05, 0) is 228 Å². The number of fused-ring (bicyclic) bond motifs is 4. The molecule has 0 saturated carbocycles. The number of amides is 2. The average molecular weight is 1310 g/mol. The van der Waals surface area contributed by atoms with Gasteiger partial charge in [-0.25, -0.2) is 0 Å². The van der Waals surface area contributed by atoms with Crippen LogP contribution in [0.2, 0.25) is 0 Å². The van der Waals surface area contributed by atoms with Crippen LogP contribution in [0.4, 0.5) is 0 Å². The molecule has 4 saturated heterocycles. The van der Waals surface area contributed by atoms with Crippen molar-refractivity contribution in [2.75, 3.05) is 152 Å². The van der Waals surface area contributed by atoms with Crippen LogP contribution in [0.25, 0.3) is 43.5 Å². The number of ether oxygens (including phenoxy) is 1. The highest BCUT2D eigenvalue weighted by atomic mass is 16.5. The predicted molar refractivity (Wildman–Crippen MR) is 403 cm³/mol. The van der Waals surface area contributed by atoms with Crippen LogP contribution in [0.3, 0.4) is 0 Å². The van der Waals surface area contributed by atoms with Gasteiger partial charge in [0.1, 0.15) is 5.75 Å². The van der Waals surface area contributed by atoms with Crippen molar-refractivity contribution >= 4 is 55.3 Å². The number of rotatable bonds is 21. The molecule has 14 heteroatoms. The monoisotopic (exact) mass is 1310 g/mol. The highest BCUT2D eigenvalue weighted by molar-refractivity contribution is 5.95. The van der Waals surface area contributed by atoms with E-state index in [1.54, 1.807) is 7.11 Å². The lowest BCUT2D eigenvalue weighted by atomic mass is 10.0. The van der Waals surface area contributed by atoms with E-state index in [0.717, 1.165) is 127 Å². The Bertz CT molecular complexity index is 4350. The molecule has 0 radical (unpaired) electrons. The van der Waals surface area contributed by atoms with Crippen molar-refractivity contribution in [1.82, 2.24) is 53.3 Å². The Labute approximate surface area is 582 Å². The van der Waals surface area contributed by atoms with Crippen molar-refractivity contribution in [1.29, 1.82) is 0 Å². The minimum atomic E-state index is 0.138. The van der Waals surface area contributed by atoms with Gasteiger partial charge in [0.2, 0.25) is 0 Å². The van der Waals surface area contributed by atoms with E-state index >= 15 is 0 Å². The van der Waals surface area contributed by atoms with Crippen molar-refractivity contribution in [2.24, 2.45) is 0 Å². The van der Waals surface area contributed by atoms with Gasteiger partial charge in [-0.2, -0.15) is 0 Å². The maximum atomic E-state index is 13.4. The summed E-state index contributed by atoms with van der Waals surface area (Å²) in [6, 6.07) is 54.1. The molecule has 7 heterocycles. The maximum absolute atomic E-state index is 13.4. The number of benzene rings is 7. The third-order valence-electron chi connectivity index (χ3n) is 22.1. The zero-order valence-corrected chi connectivity index (χ0v) is 59.5. The Morgan fingerprint density at radius 3 is 1.38 bits per heavy atom. The summed E-state index contributed by atoms with van der Waals surface area (Å²) in [5.41, 5.74) is 18.6. The van der Waals surface area contributed by atoms with Crippen LogP contribution in [0.1, 0.15) is 89.5 Å². The fourth-order valence-corrected chi connectivity index (χ4v) is 15.5. The van der Waals surface area contributed by atoms with E-state index in [-0.39, 0.29) is 11.8 Å². The maximum Gasteiger partial charge on any atom is 0.253 e. The predicted octanol–water partition coefficient (Wildman–Crippen LogP) is 12.7. The number of pyridine rings is 1. The van der Waals surface area contributed by atoms with E-state index in [0.29, 0.717) is 0 Å². The number of aryl methyl sites for hydroxylation is 4. The molecule has 2 amide bonds. The van der Waals surface area contributed by atoms with Gasteiger partial charge in [0, 0.05) is 187 Å². The molecule has 4 aliphatic heterocycles. The number of carbonyl (C=O) groups excluding carboxylic acids is 2. The first kappa shape index (κ1) is 68.3. The van der Waals surface area contributed by atoms with Gasteiger partial charge in [-0.1, -0.05) is 72.8 Å². The number of nitrogens with zero attached hydrogens (tertiary/aromatic N) is 11. The van der Waals surface area contributed by atoms with Gasteiger partial charge in [0.05, 0.1) is 12.6 Å². The van der Waals surface area contributed by atoms with Crippen molar-refractivity contribution in [2.45, 2.75) is 79.3 Å². The molecular weight excluding hydrogens is 1210 g/mol. The van der Waals surface area contributed by atoms with Crippen LogP contribution < -0.4 is 4.74 Å². The van der Waals surface area contributed by atoms with Crippen LogP contribution in [0, 0.1) is 27.7 Å². The molecule has 10 aromatic rings. The molecule has 14 nitrogen and oxygen atoms in total. The topological polar surface area (TPSA) is 92.0 Å². The fourth-order valence-electron chi connectivity index (χ4n) is 15.5. The first-order valence-corrected chi connectivity index (χ1v) is 36.4. The zero-order valence-electron chi connectivity index (χ0n) is 59.5. The summed E-state index contributed by atoms with van der Waals surface area (Å²) in [6.45, 7) is 31.7. The molecule has 0 unspecified atom stereocenters. The standard InChI is InChI=1S/C43H53N5O2.C41H50N6O/c1-32-33(2)48(19-6-18-45-23-21-44(3)22-24-45)42-16-11-35(30-40(32)42)29-34-9-12-38(13-10-34)43(49)47-27-25-46(26-28-47)20-17-37-8-5-7-36-14-15-39(50-4)31-41(36)37;1-31-32(2)47(18-5-17-44-22-20-43(3)21-23-44)40-14-10-35(30-38(31)40)28-33-7-11-36(12-8-33)41(48)46-26-24-45(25-27-46)19-15-34-9-13-39-37(29-34)6-4-16-42-39/h5,7-16,30-31H,6,17-29H2,1-4H3;4,6-14,16,29-30H,5,15,17-28H2,1-3H3. The van der Waals surface area contributed by atoms with Crippen LogP contribution in [-0.2, 0) is 38.8 Å². The number of hydrogen-bond donors (Lipinski definition) is 0. The first-order valence-electron chi connectivity index (χ1n) is 36.4. The van der Waals surface area contributed by atoms with E-state index in [9.17, 15) is 9.59 Å². The molecule has 4 fully saturated rings. The second-order valence-electron chi connectivity index (χ2n) is 28.5. The fraction of sp³-hybridized carbons (Fsp3) is 0.417. The SMILES string of the molecule is COc1ccc2cccc(CCN3CCN(C(=O)c4ccc(Cc5ccc6c(c5)c(C)c(C)n6CCCN5CCN(C)CC5)cc4)CC3)c2c1.Cc1c(C)n(CCCN2CCN(C)CC2)c2ccc(Cc3ccc(C(=O)N4CCN(CCc5ccc6ncccc6c5)CC4)cc3)cc12. The molecule has 7 aromatic carbocycles. The van der Waals surface area contributed by atoms with Gasteiger partial charge in [0.25, 0.3) is 11.8 Å². The summed E-state index contributed by atoms with van der Waals surface area (Å²) in [5, 5.41) is 6.43. The summed E-state index contributed by atoms with van der Waals surface area (Å²) >= 11 is 0. The highest BCUT2D eigenvalue weighted by Gasteiger charge is 2.25. The van der Waals surface area contributed by atoms with E-state index < -0.39 is 0 Å². The van der Waals surface area contributed by atoms with Gasteiger partial charge < -0.3 is 43.3 Å². The van der Waals surface area contributed by atoms with Crippen LogP contribution in [-0.4, -0.2) is 217 Å². The summed E-state index contributed by atoms with van der Waals surface area (Å²) in [6.07, 6.45) is 7.92. The van der Waals surface area contributed by atoms with E-state index in [4.69, 9.17) is 4.74 Å². The summed E-state index contributed by atoms with van der Waals surface area (Å²) < 4.78 is 10.5. The Hall–Kier alpha value is -8.21. The van der Waals surface area contributed by atoms with Crippen LogP contribution in [0.5, 0.6) is 5.75 Å². The molecule has 3 aromatic heterocycles. The van der Waals surface area contributed by atoms with Crippen molar-refractivity contribution in [3.63, 3.8) is 0 Å². The minimum absolute atomic E-state index is 0.138. The Morgan fingerprint density at radius 1 is 0.408 bits per heavy atom. The number of methoxy groups -OCH3 is 1.